The Morgan fingerprint density at radius 2 is 2.33 bits per heavy atom. The van der Waals surface area contributed by atoms with Gasteiger partial charge < -0.3 is 14.2 Å². The van der Waals surface area contributed by atoms with Gasteiger partial charge in [0.25, 0.3) is 6.47 Å². The first-order chi connectivity index (χ1) is 4.35. The van der Waals surface area contributed by atoms with Crippen molar-refractivity contribution in [2.45, 2.75) is 13.4 Å². The first-order valence-corrected chi connectivity index (χ1v) is 2.58. The van der Waals surface area contributed by atoms with E-state index in [4.69, 9.17) is 4.74 Å². The third kappa shape index (κ3) is 3.93. The Labute approximate surface area is 53.7 Å². The molecule has 4 nitrogen and oxygen atoms in total. The van der Waals surface area contributed by atoms with Gasteiger partial charge in [-0.1, -0.05) is 0 Å². The number of hydrogen-bond acceptors (Lipinski definition) is 4. The fourth-order valence-electron chi connectivity index (χ4n) is 0.344. The number of carbonyl (C=O) groups excluding carboxylic acids is 1. The first-order valence-electron chi connectivity index (χ1n) is 2.58. The van der Waals surface area contributed by atoms with Gasteiger partial charge in [-0.25, -0.2) is 0 Å². The van der Waals surface area contributed by atoms with Gasteiger partial charge in [0.05, 0.1) is 6.61 Å². The van der Waals surface area contributed by atoms with Gasteiger partial charge in [0.1, 0.15) is 0 Å². The van der Waals surface area contributed by atoms with Crippen molar-refractivity contribution in [1.82, 2.24) is 0 Å². The second kappa shape index (κ2) is 5.53. The van der Waals surface area contributed by atoms with Gasteiger partial charge in [-0.3, -0.25) is 4.79 Å². The van der Waals surface area contributed by atoms with Crippen LogP contribution in [0.25, 0.3) is 0 Å². The van der Waals surface area contributed by atoms with Gasteiger partial charge in [0.15, 0.2) is 0 Å². The van der Waals surface area contributed by atoms with E-state index >= 15 is 0 Å². The maximum Gasteiger partial charge on any atom is 0.317 e. The molecule has 1 atom stereocenters. The Kier molecular flexibility index (Phi) is 5.15. The van der Waals surface area contributed by atoms with Crippen molar-refractivity contribution in [3.05, 3.63) is 0 Å². The fourth-order valence-corrected chi connectivity index (χ4v) is 0.344. The van der Waals surface area contributed by atoms with Crippen LogP contribution in [-0.2, 0) is 19.0 Å². The molecule has 4 heteroatoms. The van der Waals surface area contributed by atoms with Crippen molar-refractivity contribution in [3.8, 4) is 0 Å². The topological polar surface area (TPSA) is 44.8 Å². The summed E-state index contributed by atoms with van der Waals surface area (Å²) in [5, 5.41) is 0. The maximum absolute atomic E-state index is 9.67. The van der Waals surface area contributed by atoms with E-state index in [1.807, 2.05) is 0 Å². The Balaban J connectivity index is 3.28. The van der Waals surface area contributed by atoms with E-state index < -0.39 is 6.48 Å². The molecule has 0 heterocycles. The zero-order valence-corrected chi connectivity index (χ0v) is 5.49. The standard InChI is InChI=1S/C5H10O4/c1-3-8-5(7-2)9-4-6/h4-5H,3H2,1-2H3. The molecule has 0 radical (unpaired) electrons. The molecule has 0 amide bonds. The molecule has 0 saturated heterocycles. The Morgan fingerprint density at radius 1 is 1.67 bits per heavy atom. The Morgan fingerprint density at radius 3 is 2.67 bits per heavy atom. The minimum atomic E-state index is -0.854. The smallest absolute Gasteiger partial charge is 0.317 e. The molecule has 9 heavy (non-hydrogen) atoms. The van der Waals surface area contributed by atoms with E-state index in [-0.39, 0.29) is 6.47 Å². The minimum Gasteiger partial charge on any atom is -0.413 e. The molecule has 0 aliphatic heterocycles. The zero-order chi connectivity index (χ0) is 7.11. The van der Waals surface area contributed by atoms with E-state index in [0.717, 1.165) is 0 Å². The highest BCUT2D eigenvalue weighted by atomic mass is 16.8. The fraction of sp³-hybridized carbons (Fsp3) is 0.800. The summed E-state index contributed by atoms with van der Waals surface area (Å²) in [6.07, 6.45) is 0. The molecule has 0 aliphatic carbocycles. The predicted octanol–water partition coefficient (Wildman–Crippen LogP) is 0.126. The number of ether oxygens (including phenoxy) is 3. The predicted molar refractivity (Wildman–Crippen MR) is 29.6 cm³/mol. The second-order valence-corrected chi connectivity index (χ2v) is 1.21. The average Bonchev–Trinajstić information content (AvgIpc) is 1.88. The van der Waals surface area contributed by atoms with Crippen LogP contribution in [0.1, 0.15) is 6.92 Å². The van der Waals surface area contributed by atoms with Crippen molar-refractivity contribution in [3.63, 3.8) is 0 Å². The van der Waals surface area contributed by atoms with Crippen LogP contribution < -0.4 is 0 Å². The lowest BCUT2D eigenvalue weighted by Crippen LogP contribution is -2.18. The second-order valence-electron chi connectivity index (χ2n) is 1.21. The molecule has 54 valence electrons. The van der Waals surface area contributed by atoms with Crippen LogP contribution in [0.15, 0.2) is 0 Å². The Bertz CT molecular complexity index is 73.4. The third-order valence-corrected chi connectivity index (χ3v) is 0.662. The van der Waals surface area contributed by atoms with Gasteiger partial charge in [0.2, 0.25) is 0 Å². The van der Waals surface area contributed by atoms with E-state index in [1.165, 1.54) is 7.11 Å². The maximum atomic E-state index is 9.67. The van der Waals surface area contributed by atoms with Crippen LogP contribution in [0.4, 0.5) is 0 Å². The summed E-state index contributed by atoms with van der Waals surface area (Å²) in [6.45, 7) is 1.66. The monoisotopic (exact) mass is 134 g/mol. The lowest BCUT2D eigenvalue weighted by Gasteiger charge is -2.10. The summed E-state index contributed by atoms with van der Waals surface area (Å²) in [5.74, 6) is 0. The molecule has 0 fully saturated rings. The van der Waals surface area contributed by atoms with Gasteiger partial charge in [-0.2, -0.15) is 0 Å². The van der Waals surface area contributed by atoms with E-state index in [1.54, 1.807) is 6.92 Å². The Hall–Kier alpha value is -0.610. The van der Waals surface area contributed by atoms with Crippen LogP contribution in [0.5, 0.6) is 0 Å². The van der Waals surface area contributed by atoms with E-state index in [9.17, 15) is 4.79 Å². The summed E-state index contributed by atoms with van der Waals surface area (Å²) in [4.78, 5) is 9.67. The summed E-state index contributed by atoms with van der Waals surface area (Å²) >= 11 is 0. The lowest BCUT2D eigenvalue weighted by atomic mass is 10.9. The highest BCUT2D eigenvalue weighted by Gasteiger charge is 2.03. The van der Waals surface area contributed by atoms with Gasteiger partial charge >= 0.3 is 6.48 Å². The van der Waals surface area contributed by atoms with Crippen molar-refractivity contribution in [2.24, 2.45) is 0 Å². The van der Waals surface area contributed by atoms with Crippen LogP contribution in [0, 0.1) is 0 Å². The van der Waals surface area contributed by atoms with Gasteiger partial charge in [-0.15, -0.1) is 0 Å². The molecule has 0 aromatic heterocycles. The summed E-state index contributed by atoms with van der Waals surface area (Å²) in [7, 11) is 1.39. The summed E-state index contributed by atoms with van der Waals surface area (Å²) < 4.78 is 13.6. The van der Waals surface area contributed by atoms with Gasteiger partial charge in [0, 0.05) is 7.11 Å². The van der Waals surface area contributed by atoms with Crippen LogP contribution >= 0.6 is 0 Å². The number of rotatable bonds is 5. The number of hydrogen-bond donors (Lipinski definition) is 0. The molecule has 1 unspecified atom stereocenters. The van der Waals surface area contributed by atoms with Crippen molar-refractivity contribution >= 4 is 6.47 Å². The third-order valence-electron chi connectivity index (χ3n) is 0.662. The summed E-state index contributed by atoms with van der Waals surface area (Å²) in [5.41, 5.74) is 0. The number of carbonyl (C=O) groups is 1. The van der Waals surface area contributed by atoms with Crippen LogP contribution in [-0.4, -0.2) is 26.7 Å². The SMILES string of the molecule is CCOC(OC)OC=O. The van der Waals surface area contributed by atoms with Crippen LogP contribution in [0.2, 0.25) is 0 Å². The highest BCUT2D eigenvalue weighted by molar-refractivity contribution is 5.36. The molecule has 0 rings (SSSR count). The molecule has 0 spiro atoms. The average molecular weight is 134 g/mol. The molecule has 0 N–H and O–H groups in total. The highest BCUT2D eigenvalue weighted by Crippen LogP contribution is 1.91. The number of methoxy groups -OCH3 is 1. The van der Waals surface area contributed by atoms with E-state index in [0.29, 0.717) is 6.61 Å². The zero-order valence-electron chi connectivity index (χ0n) is 5.49. The molecule has 0 aromatic carbocycles. The first kappa shape index (κ1) is 8.39. The molecule has 0 bridgehead atoms. The molecular formula is C5H10O4. The summed E-state index contributed by atoms with van der Waals surface area (Å²) in [6, 6.07) is 0. The van der Waals surface area contributed by atoms with E-state index in [2.05, 4.69) is 9.47 Å². The largest absolute Gasteiger partial charge is 0.413 e. The van der Waals surface area contributed by atoms with Crippen LogP contribution in [0.3, 0.4) is 0 Å². The van der Waals surface area contributed by atoms with Crippen molar-refractivity contribution < 1.29 is 19.0 Å². The lowest BCUT2D eigenvalue weighted by molar-refractivity contribution is -0.256. The van der Waals surface area contributed by atoms with Crippen molar-refractivity contribution in [2.75, 3.05) is 13.7 Å². The van der Waals surface area contributed by atoms with Crippen molar-refractivity contribution in [1.29, 1.82) is 0 Å². The van der Waals surface area contributed by atoms with Gasteiger partial charge in [-0.05, 0) is 6.92 Å². The molecule has 0 saturated carbocycles. The molecule has 0 aromatic rings. The molecular weight excluding hydrogens is 124 g/mol. The minimum absolute atomic E-state index is 0.282. The molecule has 0 aliphatic rings. The normalized spacial score (nSPS) is 12.7. The quantitative estimate of drug-likeness (QED) is 0.396.